The van der Waals surface area contributed by atoms with E-state index in [0.717, 1.165) is 13.1 Å². The highest BCUT2D eigenvalue weighted by molar-refractivity contribution is 6.33. The third-order valence-corrected chi connectivity index (χ3v) is 10.3. The first kappa shape index (κ1) is 30.5. The highest BCUT2D eigenvalue weighted by Crippen LogP contribution is 2.53. The zero-order chi connectivity index (χ0) is 30.7. The van der Waals surface area contributed by atoms with Crippen molar-refractivity contribution in [2.24, 2.45) is 23.5 Å². The van der Waals surface area contributed by atoms with Gasteiger partial charge in [0, 0.05) is 29.6 Å². The largest absolute Gasteiger partial charge is 0.510 e. The molecule has 1 aromatic carbocycles. The predicted octanol–water partition coefficient (Wildman–Crippen LogP) is 3.18. The Morgan fingerprint density at radius 1 is 1.14 bits per heavy atom. The molecule has 0 spiro atoms. The number of primary amides is 1. The number of phenols is 1. The van der Waals surface area contributed by atoms with E-state index < -0.39 is 58.0 Å². The van der Waals surface area contributed by atoms with Crippen LogP contribution in [-0.4, -0.2) is 86.5 Å². The third-order valence-electron chi connectivity index (χ3n) is 9.81. The number of aliphatic hydroxyl groups is 3. The van der Waals surface area contributed by atoms with Gasteiger partial charge in [-0.2, -0.15) is 0 Å². The number of aromatic hydroxyl groups is 1. The van der Waals surface area contributed by atoms with Crippen molar-refractivity contribution < 1.29 is 34.8 Å². The Morgan fingerprint density at radius 2 is 1.81 bits per heavy atom. The van der Waals surface area contributed by atoms with E-state index in [0.29, 0.717) is 28.6 Å². The second-order valence-corrected chi connectivity index (χ2v) is 12.9. The lowest BCUT2D eigenvalue weighted by Gasteiger charge is -2.50. The van der Waals surface area contributed by atoms with Crippen LogP contribution in [0.4, 0.5) is 0 Å². The Kier molecular flexibility index (Phi) is 8.21. The van der Waals surface area contributed by atoms with Gasteiger partial charge in [0.2, 0.25) is 5.78 Å². The number of halogens is 1. The number of rotatable bonds is 7. The van der Waals surface area contributed by atoms with Crippen molar-refractivity contribution in [2.45, 2.75) is 70.1 Å². The summed E-state index contributed by atoms with van der Waals surface area (Å²) in [6.45, 7) is 4.32. The Morgan fingerprint density at radius 3 is 2.40 bits per heavy atom. The van der Waals surface area contributed by atoms with Crippen LogP contribution in [0.15, 0.2) is 28.7 Å². The van der Waals surface area contributed by atoms with Crippen molar-refractivity contribution in [2.75, 3.05) is 27.2 Å². The number of fused-ring (bicyclic) bond motifs is 3. The highest BCUT2D eigenvalue weighted by Gasteiger charge is 2.63. The summed E-state index contributed by atoms with van der Waals surface area (Å²) < 4.78 is 0. The molecule has 0 bridgehead atoms. The molecule has 10 nitrogen and oxygen atoms in total. The van der Waals surface area contributed by atoms with Crippen molar-refractivity contribution >= 4 is 29.1 Å². The number of amides is 1. The Hall–Kier alpha value is -2.92. The maximum Gasteiger partial charge on any atom is 0.255 e. The molecule has 4 atom stereocenters. The number of carbonyl (C=O) groups excluding carboxylic acids is 3. The van der Waals surface area contributed by atoms with E-state index in [9.17, 15) is 34.8 Å². The second kappa shape index (κ2) is 11.3. The van der Waals surface area contributed by atoms with Crippen LogP contribution < -0.4 is 5.73 Å². The molecule has 4 aliphatic carbocycles. The lowest BCUT2D eigenvalue weighted by Crippen LogP contribution is -2.63. The summed E-state index contributed by atoms with van der Waals surface area (Å²) in [5.74, 6) is -6.13. The maximum atomic E-state index is 13.9. The molecule has 228 valence electrons. The number of likely N-dealkylation sites (N-methyl/N-ethyl adjacent to an activating group) is 1. The van der Waals surface area contributed by atoms with Crippen LogP contribution in [0.5, 0.6) is 5.75 Å². The lowest BCUT2D eigenvalue weighted by atomic mass is 9.58. The summed E-state index contributed by atoms with van der Waals surface area (Å²) in [7, 11) is 3.20. The van der Waals surface area contributed by atoms with E-state index in [1.165, 1.54) is 43.1 Å². The van der Waals surface area contributed by atoms with Crippen molar-refractivity contribution in [3.63, 3.8) is 0 Å². The number of ketones is 2. The van der Waals surface area contributed by atoms with Gasteiger partial charge in [0.15, 0.2) is 11.4 Å². The molecule has 5 rings (SSSR count). The van der Waals surface area contributed by atoms with E-state index in [1.54, 1.807) is 14.1 Å². The summed E-state index contributed by atoms with van der Waals surface area (Å²) in [6.07, 6.45) is 6.34. The number of nitrogens with zero attached hydrogens (tertiary/aromatic N) is 2. The smallest absolute Gasteiger partial charge is 0.255 e. The molecule has 0 radical (unpaired) electrons. The maximum absolute atomic E-state index is 13.9. The number of carbonyl (C=O) groups is 3. The molecule has 1 fully saturated rings. The van der Waals surface area contributed by atoms with Crippen LogP contribution in [0, 0.1) is 17.8 Å². The average molecular weight is 602 g/mol. The number of hydrogen-bond donors (Lipinski definition) is 5. The monoisotopic (exact) mass is 601 g/mol. The van der Waals surface area contributed by atoms with Crippen LogP contribution in [0.3, 0.4) is 0 Å². The molecule has 0 saturated heterocycles. The number of hydrogen-bond acceptors (Lipinski definition) is 9. The van der Waals surface area contributed by atoms with Gasteiger partial charge < -0.3 is 26.2 Å². The molecule has 0 heterocycles. The standard InChI is InChI=1S/C31H40ClN3O7/c1-4-35(13-15-8-6-5-7-9-15)14-17-12-20(36)22-18(24(17)32)10-16-11-19-25(34(2)3)27(38)23(30(33)41)29(40)31(19,42)28(39)21(16)26(22)37/h12,15-16,19,25,36,38-39,42H,4-11,13-14H2,1-3H3,(H2,33,41)/t16-,19-,25-,31-/m0/s1. The van der Waals surface area contributed by atoms with Crippen molar-refractivity contribution in [1.82, 2.24) is 9.80 Å². The third kappa shape index (κ3) is 4.72. The topological polar surface area (TPSA) is 165 Å². The van der Waals surface area contributed by atoms with Gasteiger partial charge in [-0.15, -0.1) is 0 Å². The van der Waals surface area contributed by atoms with Gasteiger partial charge in [-0.05, 0) is 75.4 Å². The first-order valence-electron chi connectivity index (χ1n) is 14.7. The van der Waals surface area contributed by atoms with E-state index in [2.05, 4.69) is 11.8 Å². The lowest BCUT2D eigenvalue weighted by molar-refractivity contribution is -0.148. The van der Waals surface area contributed by atoms with E-state index in [4.69, 9.17) is 17.3 Å². The molecule has 42 heavy (non-hydrogen) atoms. The Labute approximate surface area is 250 Å². The summed E-state index contributed by atoms with van der Waals surface area (Å²) in [4.78, 5) is 43.2. The molecule has 4 aliphatic rings. The van der Waals surface area contributed by atoms with E-state index >= 15 is 0 Å². The number of aliphatic hydroxyl groups excluding tert-OH is 2. The average Bonchev–Trinajstić information content (AvgIpc) is 2.93. The van der Waals surface area contributed by atoms with Crippen LogP contribution in [0.1, 0.15) is 66.9 Å². The summed E-state index contributed by atoms with van der Waals surface area (Å²) in [5, 5.41) is 45.5. The molecular weight excluding hydrogens is 562 g/mol. The number of Topliss-reactive ketones (excluding diaryl/α,β-unsaturated/α-hetero) is 2. The number of allylic oxidation sites excluding steroid dienone is 1. The van der Waals surface area contributed by atoms with E-state index in [1.807, 2.05) is 0 Å². The molecule has 1 amide bonds. The second-order valence-electron chi connectivity index (χ2n) is 12.5. The predicted molar refractivity (Wildman–Crippen MR) is 156 cm³/mol. The van der Waals surface area contributed by atoms with Gasteiger partial charge in [0.1, 0.15) is 22.8 Å². The minimum Gasteiger partial charge on any atom is -0.510 e. The quantitative estimate of drug-likeness (QED) is 0.295. The minimum absolute atomic E-state index is 0.0237. The normalized spacial score (nSPS) is 28.3. The van der Waals surface area contributed by atoms with Crippen molar-refractivity contribution in [3.05, 3.63) is 50.4 Å². The molecule has 0 unspecified atom stereocenters. The Balaban J connectivity index is 1.55. The van der Waals surface area contributed by atoms with E-state index in [-0.39, 0.29) is 29.7 Å². The molecule has 0 aromatic heterocycles. The number of phenolic OH excluding ortho intramolecular Hbond substituents is 1. The van der Waals surface area contributed by atoms with Gasteiger partial charge in [0.05, 0.1) is 11.6 Å². The van der Waals surface area contributed by atoms with Gasteiger partial charge in [-0.1, -0.05) is 37.8 Å². The molecule has 11 heteroatoms. The highest BCUT2D eigenvalue weighted by atomic mass is 35.5. The fraction of sp³-hybridized carbons (Fsp3) is 0.581. The summed E-state index contributed by atoms with van der Waals surface area (Å²) in [5.41, 5.74) is 2.79. The number of nitrogens with two attached hydrogens (primary N) is 1. The van der Waals surface area contributed by atoms with Crippen LogP contribution >= 0.6 is 11.6 Å². The molecule has 1 saturated carbocycles. The van der Waals surface area contributed by atoms with Crippen LogP contribution in [-0.2, 0) is 22.6 Å². The zero-order valence-corrected chi connectivity index (χ0v) is 25.1. The molecule has 1 aromatic rings. The first-order chi connectivity index (χ1) is 19.8. The van der Waals surface area contributed by atoms with Gasteiger partial charge in [-0.25, -0.2) is 0 Å². The fourth-order valence-electron chi connectivity index (χ4n) is 7.75. The van der Waals surface area contributed by atoms with Crippen LogP contribution in [0.25, 0.3) is 0 Å². The van der Waals surface area contributed by atoms with Crippen molar-refractivity contribution in [1.29, 1.82) is 0 Å². The summed E-state index contributed by atoms with van der Waals surface area (Å²) >= 11 is 6.94. The summed E-state index contributed by atoms with van der Waals surface area (Å²) in [6, 6.07) is 0.448. The fourth-order valence-corrected chi connectivity index (χ4v) is 8.04. The van der Waals surface area contributed by atoms with Crippen LogP contribution in [0.2, 0.25) is 5.02 Å². The zero-order valence-electron chi connectivity index (χ0n) is 24.3. The van der Waals surface area contributed by atoms with Gasteiger partial charge in [-0.3, -0.25) is 24.2 Å². The first-order valence-corrected chi connectivity index (χ1v) is 15.1. The molecular formula is C31H40ClN3O7. The minimum atomic E-state index is -2.66. The van der Waals surface area contributed by atoms with Gasteiger partial charge in [0.25, 0.3) is 5.91 Å². The Bertz CT molecular complexity index is 1400. The SMILES string of the molecule is CCN(Cc1cc(O)c2c(c1Cl)C[C@H]1C[C@H]3[C@H](N(C)C)C(O)=C(C(N)=O)C(=O)[C@@]3(O)C(O)=C1C2=O)CC1CCCCC1. The molecule has 0 aliphatic heterocycles. The van der Waals surface area contributed by atoms with Gasteiger partial charge >= 0.3 is 0 Å². The number of benzene rings is 1. The van der Waals surface area contributed by atoms with Crippen molar-refractivity contribution in [3.8, 4) is 5.75 Å². The molecule has 6 N–H and O–H groups in total.